The van der Waals surface area contributed by atoms with Crippen LogP contribution in [0.2, 0.25) is 0 Å². The number of amides is 2. The van der Waals surface area contributed by atoms with Gasteiger partial charge in [-0.2, -0.15) is 0 Å². The van der Waals surface area contributed by atoms with E-state index in [0.717, 1.165) is 5.56 Å². The molecule has 0 saturated heterocycles. The molecule has 0 radical (unpaired) electrons. The van der Waals surface area contributed by atoms with E-state index in [1.54, 1.807) is 30.5 Å². The van der Waals surface area contributed by atoms with Crippen molar-refractivity contribution in [3.8, 4) is 11.5 Å². The van der Waals surface area contributed by atoms with Gasteiger partial charge in [0.15, 0.2) is 11.5 Å². The molecule has 0 unspecified atom stereocenters. The Hall–Kier alpha value is -3.28. The third-order valence-corrected chi connectivity index (χ3v) is 3.70. The molecule has 2 amide bonds. The molecule has 25 heavy (non-hydrogen) atoms. The van der Waals surface area contributed by atoms with E-state index in [0.29, 0.717) is 17.3 Å². The van der Waals surface area contributed by atoms with Crippen LogP contribution in [0.3, 0.4) is 0 Å². The summed E-state index contributed by atoms with van der Waals surface area (Å²) in [5, 5.41) is 5.20. The Labute approximate surface area is 144 Å². The molecule has 0 aliphatic carbocycles. The van der Waals surface area contributed by atoms with Crippen molar-refractivity contribution in [3.05, 3.63) is 72.2 Å². The van der Waals surface area contributed by atoms with Crippen LogP contribution in [0, 0.1) is 0 Å². The standard InChI is InChI=1S/C19H18N2O4/c1-13(14-6-3-2-4-7-14)21-19(23)18(22)20-12-15-9-10-17(25-15)16-8-5-11-24-16/h2-11,13H,12H2,1H3,(H,20,22)(H,21,23)/t13-/m1/s1. The normalized spacial score (nSPS) is 11.7. The third kappa shape index (κ3) is 4.17. The summed E-state index contributed by atoms with van der Waals surface area (Å²) in [7, 11) is 0. The zero-order chi connectivity index (χ0) is 17.6. The first-order chi connectivity index (χ1) is 12.1. The second-order valence-corrected chi connectivity index (χ2v) is 5.53. The first kappa shape index (κ1) is 16.6. The highest BCUT2D eigenvalue weighted by atomic mass is 16.4. The Morgan fingerprint density at radius 1 is 0.960 bits per heavy atom. The first-order valence-corrected chi connectivity index (χ1v) is 7.89. The van der Waals surface area contributed by atoms with Crippen molar-refractivity contribution in [3.63, 3.8) is 0 Å². The van der Waals surface area contributed by atoms with Crippen molar-refractivity contribution in [2.75, 3.05) is 0 Å². The number of carbonyl (C=O) groups is 2. The van der Waals surface area contributed by atoms with Crippen molar-refractivity contribution in [1.82, 2.24) is 10.6 Å². The third-order valence-electron chi connectivity index (χ3n) is 3.70. The van der Waals surface area contributed by atoms with Crippen LogP contribution in [0.15, 0.2) is 69.7 Å². The first-order valence-electron chi connectivity index (χ1n) is 7.89. The number of hydrogen-bond acceptors (Lipinski definition) is 4. The van der Waals surface area contributed by atoms with Gasteiger partial charge in [-0.15, -0.1) is 0 Å². The fourth-order valence-electron chi connectivity index (χ4n) is 2.36. The topological polar surface area (TPSA) is 84.5 Å². The van der Waals surface area contributed by atoms with Gasteiger partial charge in [0, 0.05) is 0 Å². The maximum absolute atomic E-state index is 12.0. The van der Waals surface area contributed by atoms with Gasteiger partial charge in [-0.05, 0) is 36.8 Å². The van der Waals surface area contributed by atoms with E-state index in [2.05, 4.69) is 10.6 Å². The minimum Gasteiger partial charge on any atom is -0.461 e. The SMILES string of the molecule is C[C@@H](NC(=O)C(=O)NCc1ccc(-c2ccco2)o1)c1ccccc1. The van der Waals surface area contributed by atoms with E-state index in [1.165, 1.54) is 0 Å². The summed E-state index contributed by atoms with van der Waals surface area (Å²) in [5.41, 5.74) is 0.928. The second-order valence-electron chi connectivity index (χ2n) is 5.53. The zero-order valence-electron chi connectivity index (χ0n) is 13.7. The summed E-state index contributed by atoms with van der Waals surface area (Å²) in [6.07, 6.45) is 1.55. The minimum atomic E-state index is -0.710. The summed E-state index contributed by atoms with van der Waals surface area (Å²) < 4.78 is 10.8. The molecule has 0 spiro atoms. The van der Waals surface area contributed by atoms with Crippen molar-refractivity contribution in [1.29, 1.82) is 0 Å². The number of nitrogens with one attached hydrogen (secondary N) is 2. The number of carbonyl (C=O) groups excluding carboxylic acids is 2. The van der Waals surface area contributed by atoms with E-state index < -0.39 is 11.8 Å². The van der Waals surface area contributed by atoms with Crippen LogP contribution in [0.25, 0.3) is 11.5 Å². The van der Waals surface area contributed by atoms with Gasteiger partial charge in [-0.3, -0.25) is 9.59 Å². The van der Waals surface area contributed by atoms with Crippen LogP contribution in [-0.4, -0.2) is 11.8 Å². The molecule has 1 atom stereocenters. The average Bonchev–Trinajstić information content (AvgIpc) is 3.31. The lowest BCUT2D eigenvalue weighted by molar-refractivity contribution is -0.139. The predicted octanol–water partition coefficient (Wildman–Crippen LogP) is 3.03. The summed E-state index contributed by atoms with van der Waals surface area (Å²) in [4.78, 5) is 23.9. The number of benzene rings is 1. The maximum Gasteiger partial charge on any atom is 0.309 e. The lowest BCUT2D eigenvalue weighted by Crippen LogP contribution is -2.40. The lowest BCUT2D eigenvalue weighted by Gasteiger charge is -2.13. The minimum absolute atomic E-state index is 0.118. The van der Waals surface area contributed by atoms with E-state index in [4.69, 9.17) is 8.83 Å². The predicted molar refractivity (Wildman–Crippen MR) is 91.3 cm³/mol. The van der Waals surface area contributed by atoms with Gasteiger partial charge < -0.3 is 19.5 Å². The Kier molecular flexibility index (Phi) is 4.99. The molecule has 3 rings (SSSR count). The molecule has 2 N–H and O–H groups in total. The fourth-order valence-corrected chi connectivity index (χ4v) is 2.36. The fraction of sp³-hybridized carbons (Fsp3) is 0.158. The molecule has 0 fully saturated rings. The summed E-state index contributed by atoms with van der Waals surface area (Å²) in [5.74, 6) is 0.306. The Morgan fingerprint density at radius 3 is 2.48 bits per heavy atom. The van der Waals surface area contributed by atoms with E-state index >= 15 is 0 Å². The van der Waals surface area contributed by atoms with Crippen LogP contribution < -0.4 is 10.6 Å². The molecule has 0 aliphatic heterocycles. The van der Waals surface area contributed by atoms with Gasteiger partial charge in [-0.25, -0.2) is 0 Å². The Balaban J connectivity index is 1.51. The maximum atomic E-state index is 12.0. The molecular formula is C19H18N2O4. The lowest BCUT2D eigenvalue weighted by atomic mass is 10.1. The number of hydrogen-bond donors (Lipinski definition) is 2. The quantitative estimate of drug-likeness (QED) is 0.700. The van der Waals surface area contributed by atoms with E-state index in [9.17, 15) is 9.59 Å². The molecule has 6 heteroatoms. The molecular weight excluding hydrogens is 320 g/mol. The summed E-state index contributed by atoms with van der Waals surface area (Å²) >= 11 is 0. The number of furan rings is 2. The van der Waals surface area contributed by atoms with Gasteiger partial charge in [0.2, 0.25) is 0 Å². The van der Waals surface area contributed by atoms with Crippen molar-refractivity contribution >= 4 is 11.8 Å². The Morgan fingerprint density at radius 2 is 1.76 bits per heavy atom. The molecule has 0 aliphatic rings. The highest BCUT2D eigenvalue weighted by Gasteiger charge is 2.17. The van der Waals surface area contributed by atoms with Crippen LogP contribution >= 0.6 is 0 Å². The Bertz CT molecular complexity index is 837. The van der Waals surface area contributed by atoms with Crippen LogP contribution in [0.5, 0.6) is 0 Å². The highest BCUT2D eigenvalue weighted by Crippen LogP contribution is 2.22. The molecule has 1 aromatic carbocycles. The largest absolute Gasteiger partial charge is 0.461 e. The van der Waals surface area contributed by atoms with Crippen molar-refractivity contribution in [2.24, 2.45) is 0 Å². The zero-order valence-corrected chi connectivity index (χ0v) is 13.7. The monoisotopic (exact) mass is 338 g/mol. The number of rotatable bonds is 5. The van der Waals surface area contributed by atoms with Crippen molar-refractivity contribution in [2.45, 2.75) is 19.5 Å². The molecule has 0 saturated carbocycles. The molecule has 3 aromatic rings. The highest BCUT2D eigenvalue weighted by molar-refractivity contribution is 6.35. The summed E-state index contributed by atoms with van der Waals surface area (Å²) in [6.45, 7) is 1.94. The van der Waals surface area contributed by atoms with Crippen LogP contribution in [-0.2, 0) is 16.1 Å². The van der Waals surface area contributed by atoms with Gasteiger partial charge in [-0.1, -0.05) is 30.3 Å². The van der Waals surface area contributed by atoms with E-state index in [1.807, 2.05) is 37.3 Å². The van der Waals surface area contributed by atoms with E-state index in [-0.39, 0.29) is 12.6 Å². The molecule has 2 aromatic heterocycles. The molecule has 2 heterocycles. The average molecular weight is 338 g/mol. The summed E-state index contributed by atoms with van der Waals surface area (Å²) in [6, 6.07) is 16.2. The molecule has 6 nitrogen and oxygen atoms in total. The van der Waals surface area contributed by atoms with Crippen LogP contribution in [0.4, 0.5) is 0 Å². The molecule has 0 bridgehead atoms. The van der Waals surface area contributed by atoms with Crippen molar-refractivity contribution < 1.29 is 18.4 Å². The van der Waals surface area contributed by atoms with Gasteiger partial charge in [0.25, 0.3) is 0 Å². The van der Waals surface area contributed by atoms with Crippen LogP contribution in [0.1, 0.15) is 24.3 Å². The van der Waals surface area contributed by atoms with Gasteiger partial charge >= 0.3 is 11.8 Å². The second kappa shape index (κ2) is 7.53. The smallest absolute Gasteiger partial charge is 0.309 e. The molecule has 128 valence electrons. The van der Waals surface area contributed by atoms with Gasteiger partial charge in [0.1, 0.15) is 5.76 Å². The van der Waals surface area contributed by atoms with Gasteiger partial charge in [0.05, 0.1) is 18.8 Å².